The Bertz CT molecular complexity index is 872. The molecule has 25 heavy (non-hydrogen) atoms. The number of halogens is 3. The van der Waals surface area contributed by atoms with Gasteiger partial charge in [-0.25, -0.2) is 8.78 Å². The largest absolute Gasteiger partial charge is 0.349 e. The van der Waals surface area contributed by atoms with Crippen LogP contribution in [0.15, 0.2) is 30.5 Å². The van der Waals surface area contributed by atoms with E-state index >= 15 is 4.39 Å². The third-order valence-electron chi connectivity index (χ3n) is 4.23. The number of alkyl halides is 1. The fraction of sp³-hybridized carbons (Fsp3) is 0.278. The zero-order valence-corrected chi connectivity index (χ0v) is 14.2. The second-order valence-electron chi connectivity index (χ2n) is 6.05. The minimum Gasteiger partial charge on any atom is -0.349 e. The number of rotatable bonds is 3. The third kappa shape index (κ3) is 3.26. The molecular formula is C18H15ClF2N2O2. The molecule has 0 spiro atoms. The molecule has 2 aromatic rings. The summed E-state index contributed by atoms with van der Waals surface area (Å²) in [6.45, 7) is 1.66. The van der Waals surface area contributed by atoms with Crippen molar-refractivity contribution in [2.24, 2.45) is 0 Å². The maximum absolute atomic E-state index is 15.5. The molecule has 1 aliphatic carbocycles. The molecular weight excluding hydrogens is 350 g/mol. The number of aryl methyl sites for hydroxylation is 1. The second kappa shape index (κ2) is 6.52. The van der Waals surface area contributed by atoms with Crippen LogP contribution in [0.1, 0.15) is 40.0 Å². The highest BCUT2D eigenvalue weighted by Gasteiger charge is 2.46. The Kier molecular flexibility index (Phi) is 4.56. The van der Waals surface area contributed by atoms with Gasteiger partial charge in [0.15, 0.2) is 5.78 Å². The highest BCUT2D eigenvalue weighted by atomic mass is 35.5. The van der Waals surface area contributed by atoms with Gasteiger partial charge in [0, 0.05) is 36.2 Å². The molecule has 1 heterocycles. The highest BCUT2D eigenvalue weighted by Crippen LogP contribution is 2.38. The number of Topliss-reactive ketones (excluding diaryl/α,β-unsaturated/α-hetero) is 1. The molecule has 4 nitrogen and oxygen atoms in total. The minimum atomic E-state index is -2.34. The Morgan fingerprint density at radius 1 is 1.40 bits per heavy atom. The number of amides is 1. The zero-order valence-electron chi connectivity index (χ0n) is 13.4. The molecule has 0 radical (unpaired) electrons. The van der Waals surface area contributed by atoms with Crippen LogP contribution in [-0.2, 0) is 17.0 Å². The molecule has 1 aromatic carbocycles. The van der Waals surface area contributed by atoms with E-state index < -0.39 is 17.4 Å². The van der Waals surface area contributed by atoms with Crippen molar-refractivity contribution < 1.29 is 18.4 Å². The summed E-state index contributed by atoms with van der Waals surface area (Å²) in [5.41, 5.74) is -1.23. The number of hydrogen-bond acceptors (Lipinski definition) is 3. The highest BCUT2D eigenvalue weighted by molar-refractivity contribution is 6.31. The van der Waals surface area contributed by atoms with Gasteiger partial charge in [0.1, 0.15) is 11.5 Å². The van der Waals surface area contributed by atoms with Crippen LogP contribution in [0.5, 0.6) is 0 Å². The van der Waals surface area contributed by atoms with Gasteiger partial charge < -0.3 is 5.32 Å². The number of hydrogen-bond donors (Lipinski definition) is 1. The molecule has 0 saturated heterocycles. The quantitative estimate of drug-likeness (QED) is 0.904. The van der Waals surface area contributed by atoms with E-state index in [2.05, 4.69) is 10.3 Å². The summed E-state index contributed by atoms with van der Waals surface area (Å²) in [4.78, 5) is 28.4. The van der Waals surface area contributed by atoms with Gasteiger partial charge in [0.25, 0.3) is 5.91 Å². The molecule has 7 heteroatoms. The van der Waals surface area contributed by atoms with Crippen LogP contribution in [0.2, 0.25) is 5.02 Å². The number of nitrogens with zero attached hydrogens (tertiary/aromatic N) is 1. The van der Waals surface area contributed by atoms with Crippen molar-refractivity contribution in [2.45, 2.75) is 32.0 Å². The Balaban J connectivity index is 1.85. The fourth-order valence-corrected chi connectivity index (χ4v) is 3.08. The van der Waals surface area contributed by atoms with E-state index in [9.17, 15) is 14.0 Å². The lowest BCUT2D eigenvalue weighted by atomic mass is 9.81. The van der Waals surface area contributed by atoms with Crippen molar-refractivity contribution in [3.8, 4) is 0 Å². The number of aromatic nitrogens is 1. The normalized spacial score (nSPS) is 19.4. The van der Waals surface area contributed by atoms with Gasteiger partial charge in [-0.1, -0.05) is 17.7 Å². The van der Waals surface area contributed by atoms with E-state index in [1.165, 1.54) is 24.4 Å². The molecule has 1 amide bonds. The molecule has 0 bridgehead atoms. The van der Waals surface area contributed by atoms with Crippen molar-refractivity contribution in [3.63, 3.8) is 0 Å². The first kappa shape index (κ1) is 17.5. The van der Waals surface area contributed by atoms with Crippen LogP contribution in [0, 0.1) is 12.7 Å². The monoisotopic (exact) mass is 364 g/mol. The average Bonchev–Trinajstić information content (AvgIpc) is 2.57. The average molecular weight is 365 g/mol. The van der Waals surface area contributed by atoms with E-state index in [1.54, 1.807) is 6.92 Å². The summed E-state index contributed by atoms with van der Waals surface area (Å²) in [5.74, 6) is -1.64. The number of carbonyl (C=O) groups excluding carboxylic acids is 2. The lowest BCUT2D eigenvalue weighted by Crippen LogP contribution is -2.44. The standard InChI is InChI=1S/C18H15ClF2N2O2/c1-10-6-13-16(22-8-10)15(24)4-5-18(13,21)17(25)23-9-11-2-3-12(20)7-14(11)19/h2-3,6-8H,4-5,9H2,1H3,(H,23,25)/t18-/m0/s1. The van der Waals surface area contributed by atoms with E-state index in [1.807, 2.05) is 0 Å². The summed E-state index contributed by atoms with van der Waals surface area (Å²) in [6.07, 6.45) is 1.13. The van der Waals surface area contributed by atoms with Crippen molar-refractivity contribution in [1.82, 2.24) is 10.3 Å². The van der Waals surface area contributed by atoms with Gasteiger partial charge in [-0.05, 0) is 36.2 Å². The summed E-state index contributed by atoms with van der Waals surface area (Å²) in [5, 5.41) is 2.63. The first-order chi connectivity index (χ1) is 11.8. The van der Waals surface area contributed by atoms with Crippen LogP contribution in [0.3, 0.4) is 0 Å². The predicted octanol–water partition coefficient (Wildman–Crippen LogP) is 3.64. The minimum absolute atomic E-state index is 0.00526. The Hall–Kier alpha value is -2.34. The maximum Gasteiger partial charge on any atom is 0.262 e. The second-order valence-corrected chi connectivity index (χ2v) is 6.46. The number of benzene rings is 1. The molecule has 130 valence electrons. The van der Waals surface area contributed by atoms with Crippen LogP contribution < -0.4 is 5.32 Å². The van der Waals surface area contributed by atoms with Gasteiger partial charge in [-0.15, -0.1) is 0 Å². The number of nitrogens with one attached hydrogen (secondary N) is 1. The maximum atomic E-state index is 15.5. The zero-order chi connectivity index (χ0) is 18.2. The molecule has 1 N–H and O–H groups in total. The topological polar surface area (TPSA) is 59.1 Å². The van der Waals surface area contributed by atoms with Crippen molar-refractivity contribution in [1.29, 1.82) is 0 Å². The van der Waals surface area contributed by atoms with E-state index in [-0.39, 0.29) is 41.4 Å². The lowest BCUT2D eigenvalue weighted by Gasteiger charge is -2.29. The predicted molar refractivity (Wildman–Crippen MR) is 88.6 cm³/mol. The Labute approximate surface area is 148 Å². The van der Waals surface area contributed by atoms with Crippen LogP contribution in [0.4, 0.5) is 8.78 Å². The van der Waals surface area contributed by atoms with Crippen LogP contribution in [-0.4, -0.2) is 16.7 Å². The fourth-order valence-electron chi connectivity index (χ4n) is 2.85. The smallest absolute Gasteiger partial charge is 0.262 e. The Morgan fingerprint density at radius 2 is 2.16 bits per heavy atom. The number of fused-ring (bicyclic) bond motifs is 1. The van der Waals surface area contributed by atoms with E-state index in [4.69, 9.17) is 11.6 Å². The number of pyridine rings is 1. The molecule has 0 unspecified atom stereocenters. The SMILES string of the molecule is Cc1cnc2c(c1)[C@](F)(C(=O)NCc1ccc(F)cc1Cl)CCC2=O. The summed E-state index contributed by atoms with van der Waals surface area (Å²) >= 11 is 5.91. The first-order valence-corrected chi connectivity index (χ1v) is 8.10. The summed E-state index contributed by atoms with van der Waals surface area (Å²) in [6, 6.07) is 5.23. The molecule has 1 aliphatic rings. The van der Waals surface area contributed by atoms with Crippen molar-refractivity contribution >= 4 is 23.3 Å². The molecule has 0 fully saturated rings. The lowest BCUT2D eigenvalue weighted by molar-refractivity contribution is -0.134. The van der Waals surface area contributed by atoms with Crippen LogP contribution in [0.25, 0.3) is 0 Å². The summed E-state index contributed by atoms with van der Waals surface area (Å²) in [7, 11) is 0. The van der Waals surface area contributed by atoms with Crippen molar-refractivity contribution in [3.05, 3.63) is 63.7 Å². The molecule has 0 aliphatic heterocycles. The van der Waals surface area contributed by atoms with E-state index in [0.717, 1.165) is 6.07 Å². The Morgan fingerprint density at radius 3 is 2.88 bits per heavy atom. The van der Waals surface area contributed by atoms with Gasteiger partial charge >= 0.3 is 0 Å². The van der Waals surface area contributed by atoms with Crippen molar-refractivity contribution in [2.75, 3.05) is 0 Å². The number of carbonyl (C=O) groups is 2. The van der Waals surface area contributed by atoms with Gasteiger partial charge in [0.2, 0.25) is 5.67 Å². The molecule has 3 rings (SSSR count). The summed E-state index contributed by atoms with van der Waals surface area (Å²) < 4.78 is 28.5. The van der Waals surface area contributed by atoms with Gasteiger partial charge in [-0.2, -0.15) is 0 Å². The first-order valence-electron chi connectivity index (χ1n) is 7.73. The number of ketones is 1. The van der Waals surface area contributed by atoms with E-state index in [0.29, 0.717) is 11.1 Å². The van der Waals surface area contributed by atoms with Gasteiger partial charge in [0.05, 0.1) is 0 Å². The van der Waals surface area contributed by atoms with Crippen LogP contribution >= 0.6 is 11.6 Å². The molecule has 1 atom stereocenters. The molecule has 1 aromatic heterocycles. The molecule has 0 saturated carbocycles. The van der Waals surface area contributed by atoms with Gasteiger partial charge in [-0.3, -0.25) is 14.6 Å². The third-order valence-corrected chi connectivity index (χ3v) is 4.58.